The van der Waals surface area contributed by atoms with Gasteiger partial charge < -0.3 is 9.47 Å². The van der Waals surface area contributed by atoms with E-state index in [2.05, 4.69) is 11.1 Å². The summed E-state index contributed by atoms with van der Waals surface area (Å²) in [6.45, 7) is 6.66. The van der Waals surface area contributed by atoms with Gasteiger partial charge in [0.05, 0.1) is 10.6 Å². The van der Waals surface area contributed by atoms with E-state index >= 15 is 0 Å². The first-order valence-corrected chi connectivity index (χ1v) is 11.3. The lowest BCUT2D eigenvalue weighted by atomic mass is 10.1. The van der Waals surface area contributed by atoms with Gasteiger partial charge in [-0.3, -0.25) is 15.1 Å². The Kier molecular flexibility index (Phi) is 6.39. The van der Waals surface area contributed by atoms with E-state index in [1.54, 1.807) is 29.2 Å². The lowest BCUT2D eigenvalue weighted by Crippen LogP contribution is -2.37. The molecule has 0 radical (unpaired) electrons. The van der Waals surface area contributed by atoms with Gasteiger partial charge in [0.1, 0.15) is 30.5 Å². The van der Waals surface area contributed by atoms with Gasteiger partial charge in [-0.1, -0.05) is 47.1 Å². The molecule has 0 saturated heterocycles. The number of fused-ring (bicyclic) bond motifs is 1. The summed E-state index contributed by atoms with van der Waals surface area (Å²) in [7, 11) is 0. The Morgan fingerprint density at radius 2 is 1.81 bits per heavy atom. The monoisotopic (exact) mass is 467 g/mol. The maximum atomic E-state index is 12.4. The van der Waals surface area contributed by atoms with Crippen LogP contribution in [0.3, 0.4) is 0 Å². The fourth-order valence-corrected chi connectivity index (χ4v) is 4.50. The molecule has 32 heavy (non-hydrogen) atoms. The van der Waals surface area contributed by atoms with Crippen LogP contribution in [0.25, 0.3) is 6.08 Å². The van der Waals surface area contributed by atoms with E-state index in [1.807, 2.05) is 38.3 Å². The van der Waals surface area contributed by atoms with Gasteiger partial charge in [-0.2, -0.15) is 4.99 Å². The molecule has 2 aliphatic heterocycles. The van der Waals surface area contributed by atoms with Crippen molar-refractivity contribution >= 4 is 46.3 Å². The first-order chi connectivity index (χ1) is 15.3. The van der Waals surface area contributed by atoms with Crippen LogP contribution in [0.2, 0.25) is 5.02 Å². The van der Waals surface area contributed by atoms with Crippen LogP contribution < -0.4 is 9.47 Å². The van der Waals surface area contributed by atoms with Gasteiger partial charge in [0.25, 0.3) is 5.91 Å². The summed E-state index contributed by atoms with van der Waals surface area (Å²) < 4.78 is 11.5. The summed E-state index contributed by atoms with van der Waals surface area (Å²) in [5, 5.41) is 11.2. The number of nitrogens with one attached hydrogen (secondary N) is 1. The lowest BCUT2D eigenvalue weighted by molar-refractivity contribution is -0.114. The van der Waals surface area contributed by atoms with Crippen LogP contribution in [0.4, 0.5) is 0 Å². The molecule has 2 aromatic rings. The van der Waals surface area contributed by atoms with Crippen molar-refractivity contribution in [1.29, 1.82) is 5.41 Å². The smallest absolute Gasteiger partial charge is 0.283 e. The molecule has 0 aliphatic carbocycles. The van der Waals surface area contributed by atoms with Gasteiger partial charge in [-0.25, -0.2) is 0 Å². The zero-order chi connectivity index (χ0) is 22.8. The molecule has 4 rings (SSSR count). The van der Waals surface area contributed by atoms with Crippen molar-refractivity contribution in [3.05, 3.63) is 74.8 Å². The first-order valence-electron chi connectivity index (χ1n) is 10.0. The third-order valence-corrected chi connectivity index (χ3v) is 6.22. The van der Waals surface area contributed by atoms with E-state index in [0.29, 0.717) is 34.7 Å². The largest absolute Gasteiger partial charge is 0.490 e. The average Bonchev–Trinajstić information content (AvgIpc) is 3.11. The number of allylic oxidation sites excluding steroid dienone is 1. The van der Waals surface area contributed by atoms with Gasteiger partial charge in [-0.15, -0.1) is 0 Å². The van der Waals surface area contributed by atoms with Gasteiger partial charge in [0, 0.05) is 5.70 Å². The van der Waals surface area contributed by atoms with Gasteiger partial charge in [0.15, 0.2) is 5.17 Å². The van der Waals surface area contributed by atoms with Crippen molar-refractivity contribution in [3.63, 3.8) is 0 Å². The third-order valence-electron chi connectivity index (χ3n) is 4.98. The van der Waals surface area contributed by atoms with Crippen LogP contribution in [0.15, 0.2) is 58.1 Å². The minimum atomic E-state index is -0.433. The van der Waals surface area contributed by atoms with Crippen LogP contribution in [0.1, 0.15) is 23.6 Å². The zero-order valence-corrected chi connectivity index (χ0v) is 19.5. The Labute approximate surface area is 196 Å². The number of aliphatic imine (C=N–C) groups is 1. The van der Waals surface area contributed by atoms with Crippen molar-refractivity contribution in [1.82, 2.24) is 4.90 Å². The predicted molar refractivity (Wildman–Crippen MR) is 130 cm³/mol. The number of thioether (sulfide) groups is 1. The van der Waals surface area contributed by atoms with Crippen LogP contribution >= 0.6 is 23.4 Å². The Bertz CT molecular complexity index is 1200. The van der Waals surface area contributed by atoms with Crippen molar-refractivity contribution in [2.24, 2.45) is 4.99 Å². The highest BCUT2D eigenvalue weighted by molar-refractivity contribution is 8.16. The zero-order valence-electron chi connectivity index (χ0n) is 17.9. The molecule has 0 spiro atoms. The number of nitrogens with zero attached hydrogens (tertiary/aromatic N) is 2. The van der Waals surface area contributed by atoms with E-state index in [4.69, 9.17) is 26.5 Å². The molecule has 2 heterocycles. The van der Waals surface area contributed by atoms with E-state index in [1.165, 1.54) is 17.3 Å². The van der Waals surface area contributed by atoms with E-state index < -0.39 is 5.91 Å². The fourth-order valence-electron chi connectivity index (χ4n) is 3.40. The van der Waals surface area contributed by atoms with Crippen molar-refractivity contribution in [2.75, 3.05) is 13.2 Å². The number of ether oxygens (including phenoxy) is 2. The number of hydrogen-bond acceptors (Lipinski definition) is 5. The van der Waals surface area contributed by atoms with E-state index in [-0.39, 0.29) is 11.4 Å². The average molecular weight is 468 g/mol. The van der Waals surface area contributed by atoms with Crippen molar-refractivity contribution in [3.8, 4) is 11.5 Å². The van der Waals surface area contributed by atoms with E-state index in [9.17, 15) is 4.79 Å². The lowest BCUT2D eigenvalue weighted by Gasteiger charge is -2.25. The minimum absolute atomic E-state index is 0.110. The topological polar surface area (TPSA) is 75.0 Å². The summed E-state index contributed by atoms with van der Waals surface area (Å²) in [6.07, 6.45) is 1.63. The maximum Gasteiger partial charge on any atom is 0.283 e. The number of hydrogen-bond donors (Lipinski definition) is 1. The Hall–Kier alpha value is -3.03. The second kappa shape index (κ2) is 9.22. The molecule has 0 fully saturated rings. The van der Waals surface area contributed by atoms with E-state index in [0.717, 1.165) is 17.0 Å². The predicted octanol–water partition coefficient (Wildman–Crippen LogP) is 5.58. The molecule has 0 atom stereocenters. The molecule has 2 aliphatic rings. The Morgan fingerprint density at radius 1 is 1.09 bits per heavy atom. The normalized spacial score (nSPS) is 16.8. The summed E-state index contributed by atoms with van der Waals surface area (Å²) in [5.74, 6) is 1.04. The summed E-state index contributed by atoms with van der Waals surface area (Å²) in [4.78, 5) is 18.2. The fraction of sp³-hybridized carbons (Fsp3) is 0.208. The molecule has 164 valence electrons. The number of aryl methyl sites for hydroxylation is 2. The highest BCUT2D eigenvalue weighted by Crippen LogP contribution is 2.32. The number of halogens is 1. The van der Waals surface area contributed by atoms with Crippen LogP contribution in [-0.2, 0) is 4.79 Å². The first kappa shape index (κ1) is 22.2. The number of amidine groups is 2. The standard InChI is InChI=1S/C24H22ClN3O3S/c1-14-4-6-20(15(2)10-14)30-8-9-31-21-7-5-17(12-19(21)25)11-18-22(26)28-16(3)13-32-24(28)27-23(18)29/h4-7,10-13,26H,8-9H2,1-3H3/b18-11+,26-22?. The minimum Gasteiger partial charge on any atom is -0.490 e. The maximum absolute atomic E-state index is 12.4. The van der Waals surface area contributed by atoms with Crippen LogP contribution in [0.5, 0.6) is 11.5 Å². The van der Waals surface area contributed by atoms with Gasteiger partial charge >= 0.3 is 0 Å². The quantitative estimate of drug-likeness (QED) is 0.443. The molecule has 6 nitrogen and oxygen atoms in total. The number of rotatable bonds is 6. The summed E-state index contributed by atoms with van der Waals surface area (Å²) in [5.41, 5.74) is 4.04. The third kappa shape index (κ3) is 4.59. The second-order valence-electron chi connectivity index (χ2n) is 7.47. The number of carbonyl (C=O) groups is 1. The highest BCUT2D eigenvalue weighted by Gasteiger charge is 2.33. The molecule has 0 aromatic heterocycles. The van der Waals surface area contributed by atoms with Crippen LogP contribution in [-0.4, -0.2) is 35.0 Å². The highest BCUT2D eigenvalue weighted by atomic mass is 35.5. The molecule has 8 heteroatoms. The number of amides is 1. The van der Waals surface area contributed by atoms with Crippen LogP contribution in [0, 0.1) is 19.3 Å². The molecule has 2 aromatic carbocycles. The molecule has 0 unspecified atom stereocenters. The van der Waals surface area contributed by atoms with Crippen molar-refractivity contribution < 1.29 is 14.3 Å². The summed E-state index contributed by atoms with van der Waals surface area (Å²) in [6, 6.07) is 11.3. The molecule has 1 amide bonds. The molecule has 1 N–H and O–H groups in total. The molecule has 0 saturated carbocycles. The molecular weight excluding hydrogens is 446 g/mol. The second-order valence-corrected chi connectivity index (χ2v) is 8.72. The Morgan fingerprint density at radius 3 is 2.53 bits per heavy atom. The molecule has 0 bridgehead atoms. The SMILES string of the molecule is CC1=CSC2=NC(=O)/C(=C/c3ccc(OCCOc4ccc(C)cc4C)c(Cl)c3)C(=N)N12. The summed E-state index contributed by atoms with van der Waals surface area (Å²) >= 11 is 7.73. The van der Waals surface area contributed by atoms with Gasteiger partial charge in [-0.05, 0) is 61.6 Å². The van der Waals surface area contributed by atoms with Gasteiger partial charge in [0.2, 0.25) is 0 Å². The molecular formula is C24H22ClN3O3S. The number of carbonyl (C=O) groups excluding carboxylic acids is 1. The Balaban J connectivity index is 1.40. The van der Waals surface area contributed by atoms with Crippen molar-refractivity contribution in [2.45, 2.75) is 20.8 Å². The number of benzene rings is 2.